The molecule has 0 aliphatic heterocycles. The lowest BCUT2D eigenvalue weighted by atomic mass is 9.66. The number of hydrogen-bond acceptors (Lipinski definition) is 1. The Morgan fingerprint density at radius 1 is 0.688 bits per heavy atom. The van der Waals surface area contributed by atoms with Crippen molar-refractivity contribution < 1.29 is 0 Å². The SMILES string of the molecule is CC1CCC(C2CCC(C)C(N)C2)CC1C. The Kier molecular flexibility index (Phi) is 3.94. The highest BCUT2D eigenvalue weighted by molar-refractivity contribution is 4.87. The predicted molar refractivity (Wildman–Crippen MR) is 70.1 cm³/mol. The van der Waals surface area contributed by atoms with Crippen molar-refractivity contribution in [3.05, 3.63) is 0 Å². The molecule has 6 unspecified atom stereocenters. The van der Waals surface area contributed by atoms with Gasteiger partial charge in [0.25, 0.3) is 0 Å². The Balaban J connectivity index is 1.88. The van der Waals surface area contributed by atoms with Crippen LogP contribution in [0, 0.1) is 29.6 Å². The van der Waals surface area contributed by atoms with E-state index in [4.69, 9.17) is 5.73 Å². The first kappa shape index (κ1) is 12.4. The summed E-state index contributed by atoms with van der Waals surface area (Å²) >= 11 is 0. The highest BCUT2D eigenvalue weighted by Gasteiger charge is 2.34. The molecule has 0 radical (unpaired) electrons. The van der Waals surface area contributed by atoms with Crippen molar-refractivity contribution in [2.24, 2.45) is 35.3 Å². The van der Waals surface area contributed by atoms with Crippen molar-refractivity contribution in [3.8, 4) is 0 Å². The smallest absolute Gasteiger partial charge is 0.00672 e. The third-order valence-electron chi connectivity index (χ3n) is 5.60. The summed E-state index contributed by atoms with van der Waals surface area (Å²) in [6.45, 7) is 7.20. The van der Waals surface area contributed by atoms with Crippen LogP contribution < -0.4 is 5.73 Å². The molecule has 2 saturated carbocycles. The van der Waals surface area contributed by atoms with E-state index >= 15 is 0 Å². The Labute approximate surface area is 101 Å². The first-order valence-electron chi connectivity index (χ1n) is 7.33. The fourth-order valence-corrected chi connectivity index (χ4v) is 3.84. The zero-order valence-electron chi connectivity index (χ0n) is 11.3. The second-order valence-electron chi connectivity index (χ2n) is 6.74. The monoisotopic (exact) mass is 223 g/mol. The van der Waals surface area contributed by atoms with Gasteiger partial charge in [0.2, 0.25) is 0 Å². The number of hydrogen-bond donors (Lipinski definition) is 1. The van der Waals surface area contributed by atoms with Gasteiger partial charge in [-0.25, -0.2) is 0 Å². The lowest BCUT2D eigenvalue weighted by Gasteiger charge is -2.41. The summed E-state index contributed by atoms with van der Waals surface area (Å²) in [6, 6.07) is 0.480. The van der Waals surface area contributed by atoms with Gasteiger partial charge in [0.05, 0.1) is 0 Å². The van der Waals surface area contributed by atoms with Crippen LogP contribution in [-0.2, 0) is 0 Å². The third-order valence-corrected chi connectivity index (χ3v) is 5.60. The first-order valence-corrected chi connectivity index (χ1v) is 7.33. The van der Waals surface area contributed by atoms with E-state index in [-0.39, 0.29) is 0 Å². The molecular weight excluding hydrogens is 194 g/mol. The lowest BCUT2D eigenvalue weighted by molar-refractivity contribution is 0.111. The number of nitrogens with two attached hydrogens (primary N) is 1. The summed E-state index contributed by atoms with van der Waals surface area (Å²) in [5.74, 6) is 4.59. The second kappa shape index (κ2) is 5.08. The minimum Gasteiger partial charge on any atom is -0.327 e. The fourth-order valence-electron chi connectivity index (χ4n) is 3.84. The summed E-state index contributed by atoms with van der Waals surface area (Å²) in [7, 11) is 0. The van der Waals surface area contributed by atoms with Gasteiger partial charge in [0, 0.05) is 6.04 Å². The summed E-state index contributed by atoms with van der Waals surface area (Å²) in [5.41, 5.74) is 6.24. The molecule has 2 aliphatic carbocycles. The minimum absolute atomic E-state index is 0.480. The molecule has 0 amide bonds. The van der Waals surface area contributed by atoms with Crippen molar-refractivity contribution in [2.45, 2.75) is 65.3 Å². The molecule has 0 aromatic heterocycles. The topological polar surface area (TPSA) is 26.0 Å². The number of rotatable bonds is 1. The highest BCUT2D eigenvalue weighted by Crippen LogP contribution is 2.42. The van der Waals surface area contributed by atoms with Crippen molar-refractivity contribution in [3.63, 3.8) is 0 Å². The normalized spacial score (nSPS) is 50.2. The van der Waals surface area contributed by atoms with Crippen LogP contribution in [0.5, 0.6) is 0 Å². The Bertz CT molecular complexity index is 201. The maximum atomic E-state index is 6.24. The van der Waals surface area contributed by atoms with E-state index in [1.165, 1.54) is 38.5 Å². The van der Waals surface area contributed by atoms with Gasteiger partial charge in [0.15, 0.2) is 0 Å². The lowest BCUT2D eigenvalue weighted by Crippen LogP contribution is -2.38. The molecule has 6 atom stereocenters. The van der Waals surface area contributed by atoms with Crippen molar-refractivity contribution in [1.82, 2.24) is 0 Å². The molecule has 0 spiro atoms. The van der Waals surface area contributed by atoms with Gasteiger partial charge >= 0.3 is 0 Å². The van der Waals surface area contributed by atoms with Gasteiger partial charge in [-0.05, 0) is 61.7 Å². The summed E-state index contributed by atoms with van der Waals surface area (Å²) in [4.78, 5) is 0. The quantitative estimate of drug-likeness (QED) is 0.718. The molecule has 2 aliphatic rings. The van der Waals surface area contributed by atoms with Crippen molar-refractivity contribution in [1.29, 1.82) is 0 Å². The van der Waals surface area contributed by atoms with Crippen molar-refractivity contribution in [2.75, 3.05) is 0 Å². The largest absolute Gasteiger partial charge is 0.327 e. The van der Waals surface area contributed by atoms with Gasteiger partial charge in [0.1, 0.15) is 0 Å². The zero-order chi connectivity index (χ0) is 11.7. The van der Waals surface area contributed by atoms with E-state index in [1.807, 2.05) is 0 Å². The molecule has 0 bridgehead atoms. The molecule has 1 nitrogen and oxygen atoms in total. The summed E-state index contributed by atoms with van der Waals surface area (Å²) in [5, 5.41) is 0. The van der Waals surface area contributed by atoms with E-state index in [0.717, 1.165) is 29.6 Å². The van der Waals surface area contributed by atoms with Crippen LogP contribution in [0.2, 0.25) is 0 Å². The molecule has 1 heteroatoms. The van der Waals surface area contributed by atoms with E-state index in [0.29, 0.717) is 6.04 Å². The van der Waals surface area contributed by atoms with Crippen LogP contribution in [0.15, 0.2) is 0 Å². The van der Waals surface area contributed by atoms with E-state index < -0.39 is 0 Å². The average molecular weight is 223 g/mol. The fraction of sp³-hybridized carbons (Fsp3) is 1.00. The molecule has 2 fully saturated rings. The summed E-state index contributed by atoms with van der Waals surface area (Å²) in [6.07, 6.45) is 8.50. The Morgan fingerprint density at radius 3 is 1.81 bits per heavy atom. The van der Waals surface area contributed by atoms with E-state index in [1.54, 1.807) is 0 Å². The zero-order valence-corrected chi connectivity index (χ0v) is 11.3. The molecule has 0 aromatic rings. The van der Waals surface area contributed by atoms with E-state index in [9.17, 15) is 0 Å². The Hall–Kier alpha value is -0.0400. The highest BCUT2D eigenvalue weighted by atomic mass is 14.7. The maximum Gasteiger partial charge on any atom is 0.00672 e. The molecule has 16 heavy (non-hydrogen) atoms. The van der Waals surface area contributed by atoms with E-state index in [2.05, 4.69) is 20.8 Å². The standard InChI is InChI=1S/C15H29N/c1-10-4-6-13(8-12(10)3)14-7-5-11(2)15(16)9-14/h10-15H,4-9,16H2,1-3H3. The molecular formula is C15H29N. The van der Waals surface area contributed by atoms with Crippen molar-refractivity contribution >= 4 is 0 Å². The predicted octanol–water partition coefficient (Wildman–Crippen LogP) is 3.82. The van der Waals surface area contributed by atoms with Gasteiger partial charge in [-0.15, -0.1) is 0 Å². The summed E-state index contributed by atoms with van der Waals surface area (Å²) < 4.78 is 0. The molecule has 2 rings (SSSR count). The maximum absolute atomic E-state index is 6.24. The van der Waals surface area contributed by atoms with Gasteiger partial charge in [-0.1, -0.05) is 27.2 Å². The van der Waals surface area contributed by atoms with Crippen LogP contribution in [-0.4, -0.2) is 6.04 Å². The molecule has 2 N–H and O–H groups in total. The average Bonchev–Trinajstić information content (AvgIpc) is 2.26. The van der Waals surface area contributed by atoms with Crippen LogP contribution in [0.25, 0.3) is 0 Å². The second-order valence-corrected chi connectivity index (χ2v) is 6.74. The van der Waals surface area contributed by atoms with Crippen LogP contribution in [0.1, 0.15) is 59.3 Å². The van der Waals surface area contributed by atoms with Crippen LogP contribution >= 0.6 is 0 Å². The van der Waals surface area contributed by atoms with Crippen LogP contribution in [0.4, 0.5) is 0 Å². The minimum atomic E-state index is 0.480. The molecule has 0 aromatic carbocycles. The third kappa shape index (κ3) is 2.61. The molecule has 94 valence electrons. The van der Waals surface area contributed by atoms with Gasteiger partial charge in [-0.3, -0.25) is 0 Å². The van der Waals surface area contributed by atoms with Gasteiger partial charge < -0.3 is 5.73 Å². The molecule has 0 heterocycles. The first-order chi connectivity index (χ1) is 7.58. The molecule has 0 saturated heterocycles. The Morgan fingerprint density at radius 2 is 1.25 bits per heavy atom. The van der Waals surface area contributed by atoms with Crippen LogP contribution in [0.3, 0.4) is 0 Å². The van der Waals surface area contributed by atoms with Gasteiger partial charge in [-0.2, -0.15) is 0 Å².